The first kappa shape index (κ1) is 28.0. The minimum absolute atomic E-state index is 0.984. The minimum atomic E-state index is -3.03. The van der Waals surface area contributed by atoms with E-state index >= 15 is 0 Å². The summed E-state index contributed by atoms with van der Waals surface area (Å²) in [5.74, 6) is -6.77. The first-order valence-corrected chi connectivity index (χ1v) is 10.7. The second kappa shape index (κ2) is 10.4. The molecular weight excluding hydrogens is 484 g/mol. The lowest BCUT2D eigenvalue weighted by Gasteiger charge is -2.47. The Hall–Kier alpha value is -1.54. The zero-order valence-corrected chi connectivity index (χ0v) is 18.6. The molecule has 3 aliphatic heterocycles. The van der Waals surface area contributed by atoms with Gasteiger partial charge in [0.2, 0.25) is 0 Å². The molecule has 16 heteroatoms. The maximum absolute atomic E-state index is 11.7. The van der Waals surface area contributed by atoms with Gasteiger partial charge in [-0.3, -0.25) is 0 Å². The summed E-state index contributed by atoms with van der Waals surface area (Å²) in [5.41, 5.74) is 0. The molecule has 3 fully saturated rings. The molecule has 3 saturated heterocycles. The standard InChI is InChI=1S/C19H30O16/c1-4-7(21)9(23)11(25)16(31-4)34-13-10(24)8(22)5(2)32-17(13)33-12-6(20)3-19(30,18(28)29)35-14(12)15(26)27/h4-14,16-17,20-25,30H,3H2,1-2H3,(H,26,27)(H,28,29)/t4-,5-,6+,7+,8-,9+,10+,11+,12+,13+,14-,16-,17-,19?/m0/s1. The van der Waals surface area contributed by atoms with Crippen LogP contribution >= 0.6 is 0 Å². The molecule has 0 aliphatic carbocycles. The van der Waals surface area contributed by atoms with Crippen molar-refractivity contribution in [1.29, 1.82) is 0 Å². The fraction of sp³-hybridized carbons (Fsp3) is 0.895. The third-order valence-corrected chi connectivity index (χ3v) is 6.24. The van der Waals surface area contributed by atoms with E-state index in [0.29, 0.717) is 0 Å². The van der Waals surface area contributed by atoms with Crippen LogP contribution in [0, 0.1) is 0 Å². The Labute approximate surface area is 197 Å². The molecule has 16 nitrogen and oxygen atoms in total. The first-order chi connectivity index (χ1) is 16.2. The van der Waals surface area contributed by atoms with Gasteiger partial charge in [0.25, 0.3) is 5.79 Å². The highest BCUT2D eigenvalue weighted by Crippen LogP contribution is 2.34. The van der Waals surface area contributed by atoms with E-state index in [0.717, 1.165) is 0 Å². The number of carboxylic acids is 2. The summed E-state index contributed by atoms with van der Waals surface area (Å²) < 4.78 is 26.6. The number of aliphatic hydroxyl groups excluding tert-OH is 6. The average Bonchev–Trinajstić information content (AvgIpc) is 2.78. The summed E-state index contributed by atoms with van der Waals surface area (Å²) in [5, 5.41) is 89.9. The van der Waals surface area contributed by atoms with Crippen LogP contribution < -0.4 is 0 Å². The van der Waals surface area contributed by atoms with Gasteiger partial charge in [-0.2, -0.15) is 0 Å². The normalized spacial score (nSPS) is 51.1. The van der Waals surface area contributed by atoms with E-state index in [9.17, 15) is 50.4 Å². The minimum Gasteiger partial charge on any atom is -0.479 e. The van der Waals surface area contributed by atoms with Crippen molar-refractivity contribution in [2.45, 2.75) is 106 Å². The molecule has 3 aliphatic rings. The molecule has 3 rings (SSSR count). The zero-order valence-electron chi connectivity index (χ0n) is 18.6. The molecule has 0 aromatic carbocycles. The van der Waals surface area contributed by atoms with E-state index in [-0.39, 0.29) is 0 Å². The molecule has 3 heterocycles. The first-order valence-electron chi connectivity index (χ1n) is 10.7. The van der Waals surface area contributed by atoms with Crippen LogP contribution in [0.1, 0.15) is 20.3 Å². The molecular formula is C19H30O16. The van der Waals surface area contributed by atoms with E-state index in [1.807, 2.05) is 0 Å². The van der Waals surface area contributed by atoms with Crippen LogP contribution in [-0.4, -0.2) is 143 Å². The average molecular weight is 514 g/mol. The van der Waals surface area contributed by atoms with Crippen molar-refractivity contribution in [3.8, 4) is 0 Å². The molecule has 1 unspecified atom stereocenters. The van der Waals surface area contributed by atoms with Crippen LogP contribution in [0.5, 0.6) is 0 Å². The molecule has 0 aromatic rings. The topological polar surface area (TPSA) is 262 Å². The summed E-state index contributed by atoms with van der Waals surface area (Å²) in [6, 6.07) is 0. The molecule has 0 saturated carbocycles. The number of carboxylic acid groups (broad SMARTS) is 2. The van der Waals surface area contributed by atoms with Crippen molar-refractivity contribution in [3.63, 3.8) is 0 Å². The van der Waals surface area contributed by atoms with Gasteiger partial charge < -0.3 is 69.6 Å². The Bertz CT molecular complexity index is 780. The number of hydrogen-bond acceptors (Lipinski definition) is 14. The fourth-order valence-corrected chi connectivity index (χ4v) is 4.11. The second-order valence-corrected chi connectivity index (χ2v) is 8.81. The van der Waals surface area contributed by atoms with Gasteiger partial charge in [0.05, 0.1) is 18.3 Å². The van der Waals surface area contributed by atoms with Crippen molar-refractivity contribution < 1.29 is 79.2 Å². The Morgan fingerprint density at radius 1 is 0.771 bits per heavy atom. The Morgan fingerprint density at radius 2 is 1.29 bits per heavy atom. The SMILES string of the molecule is C[C@@H]1O[C@@H](O[C@@H]2[C@H](O)CC(O)(C(=O)O)O[C@@H]2C(=O)O)[C@H](O[C@@H]2O[C@@H](C)[C@@H](O)[C@@H](O)[C@H]2O)[C@H](O)[C@H]1O. The van der Waals surface area contributed by atoms with E-state index in [4.69, 9.17) is 28.8 Å². The predicted octanol–water partition coefficient (Wildman–Crippen LogP) is -4.94. The summed E-state index contributed by atoms with van der Waals surface area (Å²) in [6.07, 6.45) is -22.5. The van der Waals surface area contributed by atoms with Gasteiger partial charge in [-0.1, -0.05) is 0 Å². The Morgan fingerprint density at radius 3 is 1.83 bits per heavy atom. The van der Waals surface area contributed by atoms with Gasteiger partial charge in [-0.05, 0) is 13.8 Å². The van der Waals surface area contributed by atoms with Crippen molar-refractivity contribution in [2.24, 2.45) is 0 Å². The summed E-state index contributed by atoms with van der Waals surface area (Å²) in [4.78, 5) is 23.0. The Kier molecular flexibility index (Phi) is 8.37. The fourth-order valence-electron chi connectivity index (χ4n) is 4.11. The maximum Gasteiger partial charge on any atom is 0.364 e. The van der Waals surface area contributed by atoms with Crippen LogP contribution in [0.2, 0.25) is 0 Å². The van der Waals surface area contributed by atoms with Crippen LogP contribution in [0.15, 0.2) is 0 Å². The lowest BCUT2D eigenvalue weighted by molar-refractivity contribution is -0.380. The van der Waals surface area contributed by atoms with Crippen molar-refractivity contribution >= 4 is 11.9 Å². The molecule has 202 valence electrons. The number of aliphatic carboxylic acids is 2. The van der Waals surface area contributed by atoms with Gasteiger partial charge in [0, 0.05) is 6.42 Å². The highest BCUT2D eigenvalue weighted by molar-refractivity contribution is 5.78. The van der Waals surface area contributed by atoms with Crippen LogP contribution in [0.3, 0.4) is 0 Å². The molecule has 0 bridgehead atoms. The largest absolute Gasteiger partial charge is 0.479 e. The molecule has 35 heavy (non-hydrogen) atoms. The van der Waals surface area contributed by atoms with Crippen molar-refractivity contribution in [2.75, 3.05) is 0 Å². The number of ether oxygens (including phenoxy) is 5. The van der Waals surface area contributed by atoms with Crippen LogP contribution in [0.4, 0.5) is 0 Å². The summed E-state index contributed by atoms with van der Waals surface area (Å²) >= 11 is 0. The molecule has 14 atom stereocenters. The monoisotopic (exact) mass is 514 g/mol. The van der Waals surface area contributed by atoms with Crippen molar-refractivity contribution in [3.05, 3.63) is 0 Å². The highest BCUT2D eigenvalue weighted by atomic mass is 16.8. The van der Waals surface area contributed by atoms with E-state index in [1.54, 1.807) is 0 Å². The number of rotatable bonds is 6. The highest BCUT2D eigenvalue weighted by Gasteiger charge is 2.56. The van der Waals surface area contributed by atoms with Crippen LogP contribution in [0.25, 0.3) is 0 Å². The third kappa shape index (κ3) is 5.43. The Balaban J connectivity index is 1.85. The lowest BCUT2D eigenvalue weighted by atomic mass is 9.94. The second-order valence-electron chi connectivity index (χ2n) is 8.81. The molecule has 9 N–H and O–H groups in total. The molecule has 0 spiro atoms. The summed E-state index contributed by atoms with van der Waals surface area (Å²) in [6.45, 7) is 2.70. The smallest absolute Gasteiger partial charge is 0.364 e. The predicted molar refractivity (Wildman–Crippen MR) is 104 cm³/mol. The number of carbonyl (C=O) groups is 2. The van der Waals surface area contributed by atoms with Gasteiger partial charge in [0.15, 0.2) is 18.7 Å². The molecule has 0 radical (unpaired) electrons. The number of aliphatic hydroxyl groups is 7. The molecule has 0 aromatic heterocycles. The van der Waals surface area contributed by atoms with Gasteiger partial charge >= 0.3 is 11.9 Å². The maximum atomic E-state index is 11.7. The van der Waals surface area contributed by atoms with E-state index < -0.39 is 104 Å². The van der Waals surface area contributed by atoms with Crippen LogP contribution in [-0.2, 0) is 33.3 Å². The third-order valence-electron chi connectivity index (χ3n) is 6.24. The number of hydrogen-bond donors (Lipinski definition) is 9. The summed E-state index contributed by atoms with van der Waals surface area (Å²) in [7, 11) is 0. The van der Waals surface area contributed by atoms with E-state index in [2.05, 4.69) is 0 Å². The van der Waals surface area contributed by atoms with Gasteiger partial charge in [-0.15, -0.1) is 0 Å². The lowest BCUT2D eigenvalue weighted by Crippen LogP contribution is -2.66. The zero-order chi connectivity index (χ0) is 26.4. The molecule has 0 amide bonds. The van der Waals surface area contributed by atoms with Gasteiger partial charge in [-0.25, -0.2) is 9.59 Å². The van der Waals surface area contributed by atoms with E-state index in [1.165, 1.54) is 13.8 Å². The van der Waals surface area contributed by atoms with Gasteiger partial charge in [0.1, 0.15) is 42.7 Å². The van der Waals surface area contributed by atoms with Crippen molar-refractivity contribution in [1.82, 2.24) is 0 Å². The quantitative estimate of drug-likeness (QED) is 0.161.